The molecule has 1 fully saturated rings. The summed E-state index contributed by atoms with van der Waals surface area (Å²) in [5.74, 6) is 0.288. The first-order valence-corrected chi connectivity index (χ1v) is 6.31. The van der Waals surface area contributed by atoms with Crippen molar-refractivity contribution in [3.05, 3.63) is 0 Å². The Bertz CT molecular complexity index is 230. The molecule has 0 aromatic heterocycles. The van der Waals surface area contributed by atoms with Crippen LogP contribution in [0, 0.1) is 0 Å². The summed E-state index contributed by atoms with van der Waals surface area (Å²) in [5, 5.41) is 3.42. The van der Waals surface area contributed by atoms with Crippen molar-refractivity contribution in [1.82, 2.24) is 15.1 Å². The van der Waals surface area contributed by atoms with Gasteiger partial charge in [-0.25, -0.2) is 0 Å². The van der Waals surface area contributed by atoms with Crippen molar-refractivity contribution in [3.8, 4) is 0 Å². The molecule has 4 nitrogen and oxygen atoms in total. The van der Waals surface area contributed by atoms with E-state index in [0.717, 1.165) is 32.4 Å². The molecule has 0 saturated carbocycles. The van der Waals surface area contributed by atoms with Crippen molar-refractivity contribution in [2.45, 2.75) is 45.3 Å². The number of carbonyl (C=O) groups is 1. The topological polar surface area (TPSA) is 35.6 Å². The van der Waals surface area contributed by atoms with Gasteiger partial charge in [0, 0.05) is 13.1 Å². The second kappa shape index (κ2) is 6.21. The summed E-state index contributed by atoms with van der Waals surface area (Å²) in [6.45, 7) is 6.01. The molecule has 0 bridgehead atoms. The number of nitrogens with zero attached hydrogens (tertiary/aromatic N) is 2. The van der Waals surface area contributed by atoms with Crippen LogP contribution >= 0.6 is 0 Å². The summed E-state index contributed by atoms with van der Waals surface area (Å²) in [6, 6.07) is 0.0529. The first kappa shape index (κ1) is 13.5. The number of nitrogens with one attached hydrogen (secondary N) is 1. The molecule has 0 aromatic carbocycles. The Morgan fingerprint density at radius 3 is 2.56 bits per heavy atom. The molecule has 0 spiro atoms. The lowest BCUT2D eigenvalue weighted by atomic mass is 10.2. The number of carbonyl (C=O) groups excluding carboxylic acids is 1. The lowest BCUT2D eigenvalue weighted by molar-refractivity contribution is -0.130. The van der Waals surface area contributed by atoms with Crippen LogP contribution < -0.4 is 5.32 Å². The predicted molar refractivity (Wildman–Crippen MR) is 66.2 cm³/mol. The molecule has 1 amide bonds. The minimum absolute atomic E-state index is 0.0529. The van der Waals surface area contributed by atoms with Crippen molar-refractivity contribution in [1.29, 1.82) is 0 Å². The Balaban J connectivity index is 2.55. The highest BCUT2D eigenvalue weighted by Crippen LogP contribution is 2.16. The highest BCUT2D eigenvalue weighted by atomic mass is 16.2. The average molecular weight is 227 g/mol. The molecular weight excluding hydrogens is 202 g/mol. The highest BCUT2D eigenvalue weighted by Gasteiger charge is 2.36. The van der Waals surface area contributed by atoms with Crippen LogP contribution in [-0.4, -0.2) is 55.1 Å². The Hall–Kier alpha value is -0.610. The van der Waals surface area contributed by atoms with E-state index in [1.807, 2.05) is 19.0 Å². The molecule has 1 heterocycles. The number of hydrogen-bond donors (Lipinski definition) is 1. The average Bonchev–Trinajstić information content (AvgIpc) is 2.53. The summed E-state index contributed by atoms with van der Waals surface area (Å²) >= 11 is 0. The number of hydrogen-bond acceptors (Lipinski definition) is 3. The fourth-order valence-corrected chi connectivity index (χ4v) is 2.15. The molecular formula is C12H25N3O. The normalized spacial score (nSPS) is 25.8. The quantitative estimate of drug-likeness (QED) is 0.732. The minimum atomic E-state index is 0.0529. The second-order valence-electron chi connectivity index (χ2n) is 4.77. The van der Waals surface area contributed by atoms with E-state index in [2.05, 4.69) is 24.1 Å². The Kier molecular flexibility index (Phi) is 5.22. The maximum absolute atomic E-state index is 12.1. The first-order valence-electron chi connectivity index (χ1n) is 6.31. The molecule has 4 heteroatoms. The van der Waals surface area contributed by atoms with Crippen LogP contribution in [0.5, 0.6) is 0 Å². The molecule has 2 unspecified atom stereocenters. The zero-order valence-corrected chi connectivity index (χ0v) is 11.0. The molecule has 1 aliphatic heterocycles. The van der Waals surface area contributed by atoms with Gasteiger partial charge in [-0.3, -0.25) is 10.1 Å². The molecule has 16 heavy (non-hydrogen) atoms. The molecule has 0 aliphatic carbocycles. The van der Waals surface area contributed by atoms with Crippen LogP contribution in [-0.2, 0) is 4.79 Å². The lowest BCUT2D eigenvalue weighted by Gasteiger charge is -2.24. The molecule has 1 rings (SSSR count). The first-order chi connectivity index (χ1) is 7.60. The predicted octanol–water partition coefficient (Wildman–Crippen LogP) is 0.885. The molecule has 0 radical (unpaired) electrons. The summed E-state index contributed by atoms with van der Waals surface area (Å²) in [6.07, 6.45) is 3.23. The largest absolute Gasteiger partial charge is 0.325 e. The van der Waals surface area contributed by atoms with Crippen LogP contribution in [0.4, 0.5) is 0 Å². The fourth-order valence-electron chi connectivity index (χ4n) is 2.15. The van der Waals surface area contributed by atoms with Gasteiger partial charge in [0.1, 0.15) is 0 Å². The van der Waals surface area contributed by atoms with Gasteiger partial charge in [0.05, 0.1) is 12.2 Å². The SMILES string of the molecule is CCCC1NC(CC)N(CCN(C)C)C1=O. The third-order valence-electron chi connectivity index (χ3n) is 3.10. The summed E-state index contributed by atoms with van der Waals surface area (Å²) in [7, 11) is 4.08. The van der Waals surface area contributed by atoms with Gasteiger partial charge in [-0.05, 0) is 26.9 Å². The van der Waals surface area contributed by atoms with E-state index in [1.54, 1.807) is 0 Å². The van der Waals surface area contributed by atoms with E-state index in [-0.39, 0.29) is 18.1 Å². The Labute approximate surface area is 99.0 Å². The van der Waals surface area contributed by atoms with E-state index >= 15 is 0 Å². The third kappa shape index (κ3) is 3.19. The van der Waals surface area contributed by atoms with Crippen molar-refractivity contribution in [2.75, 3.05) is 27.2 Å². The standard InChI is InChI=1S/C12H25N3O/c1-5-7-10-12(16)15(9-8-14(3)4)11(6-2)13-10/h10-11,13H,5-9H2,1-4H3. The second-order valence-corrected chi connectivity index (χ2v) is 4.77. The summed E-state index contributed by atoms with van der Waals surface area (Å²) in [5.41, 5.74) is 0. The number of amides is 1. The molecule has 0 aromatic rings. The van der Waals surface area contributed by atoms with Crippen LogP contribution in [0.25, 0.3) is 0 Å². The fraction of sp³-hybridized carbons (Fsp3) is 0.917. The number of rotatable bonds is 6. The van der Waals surface area contributed by atoms with Gasteiger partial charge in [-0.15, -0.1) is 0 Å². The van der Waals surface area contributed by atoms with Gasteiger partial charge in [0.15, 0.2) is 0 Å². The van der Waals surface area contributed by atoms with Crippen molar-refractivity contribution in [2.24, 2.45) is 0 Å². The number of likely N-dealkylation sites (N-methyl/N-ethyl adjacent to an activating group) is 1. The molecule has 1 saturated heterocycles. The van der Waals surface area contributed by atoms with Gasteiger partial charge in [0.2, 0.25) is 5.91 Å². The molecule has 1 N–H and O–H groups in total. The van der Waals surface area contributed by atoms with Gasteiger partial charge >= 0.3 is 0 Å². The van der Waals surface area contributed by atoms with Crippen molar-refractivity contribution in [3.63, 3.8) is 0 Å². The Morgan fingerprint density at radius 1 is 1.38 bits per heavy atom. The monoisotopic (exact) mass is 227 g/mol. The van der Waals surface area contributed by atoms with Gasteiger partial charge in [-0.1, -0.05) is 20.3 Å². The third-order valence-corrected chi connectivity index (χ3v) is 3.10. The maximum Gasteiger partial charge on any atom is 0.241 e. The zero-order valence-electron chi connectivity index (χ0n) is 11.0. The van der Waals surface area contributed by atoms with Gasteiger partial charge in [-0.2, -0.15) is 0 Å². The van der Waals surface area contributed by atoms with Crippen LogP contribution in [0.2, 0.25) is 0 Å². The molecule has 94 valence electrons. The minimum Gasteiger partial charge on any atom is -0.325 e. The van der Waals surface area contributed by atoms with Crippen LogP contribution in [0.1, 0.15) is 33.1 Å². The van der Waals surface area contributed by atoms with Gasteiger partial charge in [0.25, 0.3) is 0 Å². The highest BCUT2D eigenvalue weighted by molar-refractivity contribution is 5.84. The molecule has 1 aliphatic rings. The van der Waals surface area contributed by atoms with E-state index in [1.165, 1.54) is 0 Å². The van der Waals surface area contributed by atoms with Crippen molar-refractivity contribution < 1.29 is 4.79 Å². The Morgan fingerprint density at radius 2 is 2.06 bits per heavy atom. The van der Waals surface area contributed by atoms with Gasteiger partial charge < -0.3 is 9.80 Å². The summed E-state index contributed by atoms with van der Waals surface area (Å²) in [4.78, 5) is 16.2. The maximum atomic E-state index is 12.1. The van der Waals surface area contributed by atoms with Crippen LogP contribution in [0.3, 0.4) is 0 Å². The summed E-state index contributed by atoms with van der Waals surface area (Å²) < 4.78 is 0. The van der Waals surface area contributed by atoms with E-state index in [0.29, 0.717) is 0 Å². The lowest BCUT2D eigenvalue weighted by Crippen LogP contribution is -2.40. The van der Waals surface area contributed by atoms with Crippen molar-refractivity contribution >= 4 is 5.91 Å². The smallest absolute Gasteiger partial charge is 0.241 e. The zero-order chi connectivity index (χ0) is 12.1. The van der Waals surface area contributed by atoms with Crippen LogP contribution in [0.15, 0.2) is 0 Å². The van der Waals surface area contributed by atoms with E-state index in [9.17, 15) is 4.79 Å². The van der Waals surface area contributed by atoms with E-state index < -0.39 is 0 Å². The van der Waals surface area contributed by atoms with E-state index in [4.69, 9.17) is 0 Å². The molecule has 2 atom stereocenters.